The van der Waals surface area contributed by atoms with Crippen LogP contribution in [0.25, 0.3) is 0 Å². The largest absolute Gasteiger partial charge is 1.00 e. The maximum absolute atomic E-state index is 11.4. The molecule has 1 saturated heterocycles. The van der Waals surface area contributed by atoms with Gasteiger partial charge in [-0.1, -0.05) is 0 Å². The Balaban J connectivity index is 0. The van der Waals surface area contributed by atoms with Crippen molar-refractivity contribution in [3.63, 3.8) is 0 Å². The summed E-state index contributed by atoms with van der Waals surface area (Å²) in [6, 6.07) is 0. The number of rotatable bonds is 6. The molecule has 2 N–H and O–H groups in total. The van der Waals surface area contributed by atoms with E-state index in [1.807, 2.05) is 0 Å². The Bertz CT molecular complexity index is 341. The van der Waals surface area contributed by atoms with Crippen LogP contribution in [0.15, 0.2) is 0 Å². The van der Waals surface area contributed by atoms with Crippen LogP contribution in [0.4, 0.5) is 0 Å². The molecule has 1 rings (SSSR count). The van der Waals surface area contributed by atoms with Crippen molar-refractivity contribution in [3.8, 4) is 0 Å². The Morgan fingerprint density at radius 2 is 1.62 bits per heavy atom. The van der Waals surface area contributed by atoms with Crippen LogP contribution in [0.1, 0.15) is 6.42 Å². The summed E-state index contributed by atoms with van der Waals surface area (Å²) in [7, 11) is 6.72. The SMILES string of the molecule is C[N+]1(C)CC[N+](C)(CCNC(=O)C[CH]C([NH])=O)CC1.[Cl-].[Cl-]. The minimum atomic E-state index is -0.801. The third-order valence-electron chi connectivity index (χ3n) is 3.94. The predicted octanol–water partition coefficient (Wildman–Crippen LogP) is -6.95. The number of hydrogen-bond donors (Lipinski definition) is 1. The van der Waals surface area contributed by atoms with Crippen molar-refractivity contribution in [2.75, 3.05) is 60.4 Å². The Morgan fingerprint density at radius 1 is 1.10 bits per heavy atom. The van der Waals surface area contributed by atoms with Gasteiger partial charge in [-0.25, -0.2) is 0 Å². The molecular weight excluding hydrogens is 315 g/mol. The van der Waals surface area contributed by atoms with Gasteiger partial charge < -0.3 is 39.1 Å². The number of amides is 2. The van der Waals surface area contributed by atoms with Gasteiger partial charge >= 0.3 is 0 Å². The van der Waals surface area contributed by atoms with E-state index in [1.54, 1.807) is 0 Å². The van der Waals surface area contributed by atoms with E-state index in [2.05, 4.69) is 26.5 Å². The Morgan fingerprint density at radius 3 is 2.10 bits per heavy atom. The van der Waals surface area contributed by atoms with Crippen LogP contribution in [0.2, 0.25) is 0 Å². The first-order valence-corrected chi connectivity index (χ1v) is 6.74. The van der Waals surface area contributed by atoms with Crippen LogP contribution < -0.4 is 35.9 Å². The molecule has 1 aliphatic rings. The number of quaternary nitrogens is 2. The lowest BCUT2D eigenvalue weighted by Gasteiger charge is -2.44. The van der Waals surface area contributed by atoms with Gasteiger partial charge in [0.05, 0.1) is 40.7 Å². The van der Waals surface area contributed by atoms with Gasteiger partial charge in [-0.15, -0.1) is 0 Å². The molecule has 2 radical (unpaired) electrons. The van der Waals surface area contributed by atoms with Crippen molar-refractivity contribution in [3.05, 3.63) is 6.42 Å². The van der Waals surface area contributed by atoms with Crippen LogP contribution in [-0.4, -0.2) is 81.2 Å². The number of hydrogen-bond acceptors (Lipinski definition) is 2. The zero-order valence-corrected chi connectivity index (χ0v) is 14.5. The molecule has 0 aliphatic carbocycles. The first-order valence-electron chi connectivity index (χ1n) is 6.74. The molecule has 6 nitrogen and oxygen atoms in total. The number of piperazine rings is 1. The lowest BCUT2D eigenvalue weighted by atomic mass is 10.2. The number of carbonyl (C=O) groups is 2. The van der Waals surface area contributed by atoms with Crippen molar-refractivity contribution in [1.29, 1.82) is 0 Å². The van der Waals surface area contributed by atoms with Gasteiger partial charge in [0, 0.05) is 6.42 Å². The topological polar surface area (TPSA) is 70.0 Å². The average Bonchev–Trinajstić information content (AvgIpc) is 2.31. The molecule has 1 aliphatic heterocycles. The van der Waals surface area contributed by atoms with E-state index in [0.717, 1.165) is 48.1 Å². The van der Waals surface area contributed by atoms with Crippen molar-refractivity contribution in [2.45, 2.75) is 6.42 Å². The molecule has 0 atom stereocenters. The highest BCUT2D eigenvalue weighted by molar-refractivity contribution is 5.89. The number of likely N-dealkylation sites (N-methyl/N-ethyl adjacent to an activating group) is 2. The summed E-state index contributed by atoms with van der Waals surface area (Å²) in [4.78, 5) is 21.8. The van der Waals surface area contributed by atoms with Crippen LogP contribution in [0, 0.1) is 6.42 Å². The fourth-order valence-electron chi connectivity index (χ4n) is 2.19. The van der Waals surface area contributed by atoms with Gasteiger partial charge in [0.1, 0.15) is 26.2 Å². The molecule has 2 amide bonds. The van der Waals surface area contributed by atoms with E-state index in [1.165, 1.54) is 0 Å². The normalized spacial score (nSPS) is 18.8. The van der Waals surface area contributed by atoms with Gasteiger partial charge in [0.2, 0.25) is 11.8 Å². The third-order valence-corrected chi connectivity index (χ3v) is 3.94. The van der Waals surface area contributed by atoms with Crippen molar-refractivity contribution < 1.29 is 43.4 Å². The predicted molar refractivity (Wildman–Crippen MR) is 72.7 cm³/mol. The second kappa shape index (κ2) is 9.46. The maximum Gasteiger partial charge on any atom is 0.242 e. The van der Waals surface area contributed by atoms with Crippen molar-refractivity contribution in [2.24, 2.45) is 0 Å². The van der Waals surface area contributed by atoms with E-state index in [-0.39, 0.29) is 37.1 Å². The minimum absolute atomic E-state index is 0. The lowest BCUT2D eigenvalue weighted by Crippen LogP contribution is -3.00. The van der Waals surface area contributed by atoms with Gasteiger partial charge in [0.15, 0.2) is 0 Å². The smallest absolute Gasteiger partial charge is 0.242 e. The second-order valence-electron chi connectivity index (χ2n) is 6.30. The van der Waals surface area contributed by atoms with E-state index in [4.69, 9.17) is 5.73 Å². The molecule has 0 spiro atoms. The van der Waals surface area contributed by atoms with E-state index in [0.29, 0.717) is 6.54 Å². The number of nitrogens with zero attached hydrogens (tertiary/aromatic N) is 2. The summed E-state index contributed by atoms with van der Waals surface area (Å²) >= 11 is 0. The summed E-state index contributed by atoms with van der Waals surface area (Å²) in [6.45, 7) is 6.11. The number of halogens is 2. The first kappa shape index (κ1) is 22.7. The molecule has 0 unspecified atom stereocenters. The van der Waals surface area contributed by atoms with Crippen LogP contribution in [0.5, 0.6) is 0 Å². The fraction of sp³-hybridized carbons (Fsp3) is 0.769. The second-order valence-corrected chi connectivity index (χ2v) is 6.30. The molecular formula is C13H26Cl2N4O2. The standard InChI is InChI=1S/C13H25N4O2.2ClH/c1-16(2)8-10-17(3,11-9-16)7-6-15-13(19)5-4-12(14)18;;/h4,14H,5-11H2,1-3H3;2*1H/q+1;;/p-1. The van der Waals surface area contributed by atoms with Crippen LogP contribution >= 0.6 is 0 Å². The molecule has 0 aromatic carbocycles. The molecule has 1 fully saturated rings. The minimum Gasteiger partial charge on any atom is -1.00 e. The number of carbonyl (C=O) groups excluding carboxylic acids is 2. The monoisotopic (exact) mass is 340 g/mol. The average molecular weight is 341 g/mol. The molecule has 1 heterocycles. The van der Waals surface area contributed by atoms with Gasteiger partial charge in [-0.2, -0.15) is 0 Å². The number of nitrogens with one attached hydrogen (secondary N) is 2. The summed E-state index contributed by atoms with van der Waals surface area (Å²) < 4.78 is 2.06. The molecule has 21 heavy (non-hydrogen) atoms. The highest BCUT2D eigenvalue weighted by atomic mass is 35.5. The molecule has 0 saturated carbocycles. The molecule has 0 bridgehead atoms. The van der Waals surface area contributed by atoms with Crippen LogP contribution in [-0.2, 0) is 9.59 Å². The molecule has 124 valence electrons. The van der Waals surface area contributed by atoms with Crippen molar-refractivity contribution >= 4 is 11.8 Å². The highest BCUT2D eigenvalue weighted by Crippen LogP contribution is 2.12. The van der Waals surface area contributed by atoms with Gasteiger partial charge in [-0.05, 0) is 0 Å². The first-order chi connectivity index (χ1) is 8.72. The quantitative estimate of drug-likeness (QED) is 0.488. The zero-order chi connectivity index (χ0) is 14.5. The fourth-order valence-corrected chi connectivity index (χ4v) is 2.19. The van der Waals surface area contributed by atoms with E-state index < -0.39 is 5.91 Å². The van der Waals surface area contributed by atoms with Gasteiger partial charge in [0.25, 0.3) is 0 Å². The van der Waals surface area contributed by atoms with E-state index in [9.17, 15) is 9.59 Å². The lowest BCUT2D eigenvalue weighted by molar-refractivity contribution is -1.01. The van der Waals surface area contributed by atoms with E-state index >= 15 is 0 Å². The van der Waals surface area contributed by atoms with Gasteiger partial charge in [-0.3, -0.25) is 15.3 Å². The maximum atomic E-state index is 11.4. The van der Waals surface area contributed by atoms with Crippen molar-refractivity contribution in [1.82, 2.24) is 11.1 Å². The molecule has 8 heteroatoms. The summed E-state index contributed by atoms with van der Waals surface area (Å²) in [6.07, 6.45) is 1.10. The Hall–Kier alpha value is -0.560. The Labute approximate surface area is 140 Å². The summed E-state index contributed by atoms with van der Waals surface area (Å²) in [5.41, 5.74) is 6.70. The third kappa shape index (κ3) is 9.14. The Kier molecular flexibility index (Phi) is 10.2. The summed E-state index contributed by atoms with van der Waals surface area (Å²) in [5, 5.41) is 2.80. The summed E-state index contributed by atoms with van der Waals surface area (Å²) in [5.74, 6) is -0.981. The molecule has 0 aromatic heterocycles. The molecule has 0 aromatic rings. The van der Waals surface area contributed by atoms with Crippen LogP contribution in [0.3, 0.4) is 0 Å². The zero-order valence-electron chi connectivity index (χ0n) is 13.0. The highest BCUT2D eigenvalue weighted by Gasteiger charge is 2.33.